The van der Waals surface area contributed by atoms with Crippen molar-refractivity contribution in [3.05, 3.63) is 35.4 Å². The van der Waals surface area contributed by atoms with Crippen LogP contribution in [-0.4, -0.2) is 11.1 Å². The van der Waals surface area contributed by atoms with E-state index in [0.29, 0.717) is 11.3 Å². The Hall–Kier alpha value is -2.00. The Kier molecular flexibility index (Phi) is 4.36. The van der Waals surface area contributed by atoms with Gasteiger partial charge in [0.1, 0.15) is 0 Å². The van der Waals surface area contributed by atoms with E-state index in [4.69, 9.17) is 22.1 Å². The lowest BCUT2D eigenvalue weighted by molar-refractivity contribution is 1.36. The summed E-state index contributed by atoms with van der Waals surface area (Å²) in [5.74, 6) is 0.366. The number of guanidine groups is 1. The normalized spacial score (nSPS) is 9.19. The molecule has 5 N–H and O–H groups in total. The van der Waals surface area contributed by atoms with E-state index in [9.17, 15) is 0 Å². The molecule has 0 atom stereocenters. The minimum atomic E-state index is -0.133. The fourth-order valence-electron chi connectivity index (χ4n) is 1.05. The third-order valence-corrected chi connectivity index (χ3v) is 2.55. The molecule has 5 nitrogen and oxygen atoms in total. The molecule has 0 aliphatic rings. The number of hydrogen-bond acceptors (Lipinski definition) is 3. The minimum absolute atomic E-state index is 0.0349. The van der Waals surface area contributed by atoms with Crippen molar-refractivity contribution in [3.63, 3.8) is 0 Å². The van der Waals surface area contributed by atoms with Gasteiger partial charge in [0.2, 0.25) is 0 Å². The van der Waals surface area contributed by atoms with Crippen molar-refractivity contribution >= 4 is 22.9 Å². The van der Waals surface area contributed by atoms with Crippen LogP contribution >= 0.6 is 11.8 Å². The Balaban J connectivity index is 2.66. The summed E-state index contributed by atoms with van der Waals surface area (Å²) in [6.45, 7) is 0. The lowest BCUT2D eigenvalue weighted by atomic mass is 10.1. The van der Waals surface area contributed by atoms with Crippen LogP contribution in [0.3, 0.4) is 0 Å². The van der Waals surface area contributed by atoms with E-state index in [1.807, 2.05) is 12.1 Å². The summed E-state index contributed by atoms with van der Waals surface area (Å²) in [5, 5.41) is 16.3. The minimum Gasteiger partial charge on any atom is -0.370 e. The van der Waals surface area contributed by atoms with E-state index in [1.165, 1.54) is 11.8 Å². The smallest absolute Gasteiger partial charge is 0.193 e. The topological polar surface area (TPSA) is 112 Å². The fourth-order valence-corrected chi connectivity index (χ4v) is 1.76. The van der Waals surface area contributed by atoms with Crippen molar-refractivity contribution in [1.82, 2.24) is 0 Å². The molecule has 0 unspecified atom stereocenters. The lowest BCUT2D eigenvalue weighted by Crippen LogP contribution is -2.23. The number of nitrogens with two attached hydrogens (primary N) is 2. The molecule has 0 fully saturated rings. The van der Waals surface area contributed by atoms with Gasteiger partial charge in [-0.1, -0.05) is 30.0 Å². The Bertz CT molecular complexity index is 457. The Morgan fingerprint density at radius 2 is 2.12 bits per heavy atom. The third-order valence-electron chi connectivity index (χ3n) is 1.73. The summed E-state index contributed by atoms with van der Waals surface area (Å²) in [6.07, 6.45) is 0. The number of hydrogen-bond donors (Lipinski definition) is 3. The number of nitriles is 1. The largest absolute Gasteiger partial charge is 0.370 e. The van der Waals surface area contributed by atoms with Crippen molar-refractivity contribution in [2.45, 2.75) is 5.75 Å². The highest BCUT2D eigenvalue weighted by Crippen LogP contribution is 2.16. The SMILES string of the molecule is N#Cc1ccccc1CSC(=N)N=C(N)N. The number of nitrogens with zero attached hydrogens (tertiary/aromatic N) is 2. The standard InChI is InChI=1S/C10H11N5S/c11-5-7-3-1-2-4-8(7)6-16-10(14)15-9(12)13/h1-4H,6H2,(H5,12,13,14,15). The molecule has 0 aliphatic heterocycles. The van der Waals surface area contributed by atoms with E-state index in [-0.39, 0.29) is 11.1 Å². The number of aliphatic imine (C=N–C) groups is 1. The van der Waals surface area contributed by atoms with Crippen molar-refractivity contribution in [1.29, 1.82) is 10.7 Å². The van der Waals surface area contributed by atoms with Gasteiger partial charge in [-0.05, 0) is 11.6 Å². The maximum atomic E-state index is 8.85. The molecule has 82 valence electrons. The molecule has 1 aromatic carbocycles. The summed E-state index contributed by atoms with van der Waals surface area (Å²) < 4.78 is 0. The highest BCUT2D eigenvalue weighted by atomic mass is 32.2. The van der Waals surface area contributed by atoms with Crippen LogP contribution < -0.4 is 11.5 Å². The van der Waals surface area contributed by atoms with Gasteiger partial charge in [0.05, 0.1) is 11.6 Å². The summed E-state index contributed by atoms with van der Waals surface area (Å²) in [7, 11) is 0. The molecule has 0 amide bonds. The Morgan fingerprint density at radius 3 is 2.75 bits per heavy atom. The van der Waals surface area contributed by atoms with Gasteiger partial charge in [0, 0.05) is 5.75 Å². The quantitative estimate of drug-likeness (QED) is 0.522. The van der Waals surface area contributed by atoms with Crippen LogP contribution in [0, 0.1) is 16.7 Å². The highest BCUT2D eigenvalue weighted by molar-refractivity contribution is 8.13. The molecule has 0 saturated heterocycles. The molecule has 0 saturated carbocycles. The van der Waals surface area contributed by atoms with Gasteiger partial charge in [-0.2, -0.15) is 10.3 Å². The maximum Gasteiger partial charge on any atom is 0.193 e. The van der Waals surface area contributed by atoms with E-state index in [0.717, 1.165) is 5.56 Å². The molecule has 16 heavy (non-hydrogen) atoms. The lowest BCUT2D eigenvalue weighted by Gasteiger charge is -2.02. The zero-order valence-corrected chi connectivity index (χ0v) is 9.29. The van der Waals surface area contributed by atoms with Crippen molar-refractivity contribution < 1.29 is 0 Å². The molecule has 0 aliphatic carbocycles. The van der Waals surface area contributed by atoms with Crippen LogP contribution in [-0.2, 0) is 5.75 Å². The number of amidine groups is 1. The summed E-state index contributed by atoms with van der Waals surface area (Å²) >= 11 is 1.17. The van der Waals surface area contributed by atoms with Crippen LogP contribution in [0.5, 0.6) is 0 Å². The first-order chi connectivity index (χ1) is 7.63. The average molecular weight is 233 g/mol. The van der Waals surface area contributed by atoms with Crippen LogP contribution in [0.4, 0.5) is 0 Å². The monoisotopic (exact) mass is 233 g/mol. The van der Waals surface area contributed by atoms with Crippen LogP contribution in [0.2, 0.25) is 0 Å². The molecule has 6 heteroatoms. The van der Waals surface area contributed by atoms with Crippen LogP contribution in [0.25, 0.3) is 0 Å². The molecule has 0 spiro atoms. The Morgan fingerprint density at radius 1 is 1.44 bits per heavy atom. The third kappa shape index (κ3) is 3.63. The first-order valence-electron chi connectivity index (χ1n) is 4.42. The first kappa shape index (κ1) is 12.1. The average Bonchev–Trinajstić information content (AvgIpc) is 2.26. The predicted molar refractivity (Wildman–Crippen MR) is 66.0 cm³/mol. The second kappa shape index (κ2) is 5.78. The molecule has 1 aromatic rings. The summed E-state index contributed by atoms with van der Waals surface area (Å²) in [5.41, 5.74) is 11.7. The number of benzene rings is 1. The van der Waals surface area contributed by atoms with Crippen molar-refractivity contribution in [3.8, 4) is 6.07 Å². The predicted octanol–water partition coefficient (Wildman–Crippen LogP) is 1.000. The molecular formula is C10H11N5S. The number of rotatable bonds is 2. The van der Waals surface area contributed by atoms with Gasteiger partial charge in [-0.15, -0.1) is 0 Å². The molecular weight excluding hydrogens is 222 g/mol. The second-order valence-electron chi connectivity index (χ2n) is 2.90. The Labute approximate surface area is 97.7 Å². The molecule has 0 radical (unpaired) electrons. The molecule has 1 rings (SSSR count). The van der Waals surface area contributed by atoms with E-state index >= 15 is 0 Å². The van der Waals surface area contributed by atoms with Gasteiger partial charge in [-0.25, -0.2) is 0 Å². The van der Waals surface area contributed by atoms with E-state index < -0.39 is 0 Å². The fraction of sp³-hybridized carbons (Fsp3) is 0.100. The van der Waals surface area contributed by atoms with Gasteiger partial charge in [-0.3, -0.25) is 5.41 Å². The van der Waals surface area contributed by atoms with Gasteiger partial charge in [0.15, 0.2) is 11.1 Å². The van der Waals surface area contributed by atoms with Crippen molar-refractivity contribution in [2.24, 2.45) is 16.5 Å². The van der Waals surface area contributed by atoms with Crippen LogP contribution in [0.15, 0.2) is 29.3 Å². The van der Waals surface area contributed by atoms with E-state index in [1.54, 1.807) is 12.1 Å². The number of nitrogens with one attached hydrogen (secondary N) is 1. The van der Waals surface area contributed by atoms with Gasteiger partial charge >= 0.3 is 0 Å². The first-order valence-corrected chi connectivity index (χ1v) is 5.41. The van der Waals surface area contributed by atoms with Gasteiger partial charge in [0.25, 0.3) is 0 Å². The summed E-state index contributed by atoms with van der Waals surface area (Å²) in [6, 6.07) is 9.32. The van der Waals surface area contributed by atoms with Crippen LogP contribution in [0.1, 0.15) is 11.1 Å². The maximum absolute atomic E-state index is 8.85. The zero-order chi connectivity index (χ0) is 12.0. The second-order valence-corrected chi connectivity index (χ2v) is 3.86. The van der Waals surface area contributed by atoms with Crippen molar-refractivity contribution in [2.75, 3.05) is 0 Å². The number of thioether (sulfide) groups is 1. The summed E-state index contributed by atoms with van der Waals surface area (Å²) in [4.78, 5) is 3.58. The molecule has 0 heterocycles. The highest BCUT2D eigenvalue weighted by Gasteiger charge is 2.03. The molecule has 0 aromatic heterocycles. The van der Waals surface area contributed by atoms with E-state index in [2.05, 4.69) is 11.1 Å². The zero-order valence-electron chi connectivity index (χ0n) is 8.47. The molecule has 0 bridgehead atoms. The van der Waals surface area contributed by atoms with Gasteiger partial charge < -0.3 is 11.5 Å².